The molecule has 1 aliphatic carbocycles. The lowest BCUT2D eigenvalue weighted by Crippen LogP contribution is -2.62. The third-order valence-electron chi connectivity index (χ3n) is 6.99. The number of carboxylic acid groups (broad SMARTS) is 1. The Balaban J connectivity index is 1.91. The van der Waals surface area contributed by atoms with Gasteiger partial charge in [0.15, 0.2) is 0 Å². The molecule has 218 valence electrons. The van der Waals surface area contributed by atoms with E-state index in [0.717, 1.165) is 32.1 Å². The topological polar surface area (TPSA) is 163 Å². The zero-order valence-corrected chi connectivity index (χ0v) is 23.9. The van der Waals surface area contributed by atoms with Gasteiger partial charge in [-0.3, -0.25) is 9.59 Å². The van der Waals surface area contributed by atoms with Crippen molar-refractivity contribution in [3.63, 3.8) is 0 Å². The molecule has 1 heterocycles. The van der Waals surface area contributed by atoms with Gasteiger partial charge >= 0.3 is 12.1 Å². The molecule has 1 fully saturated rings. The molecule has 0 radical (unpaired) electrons. The van der Waals surface area contributed by atoms with Crippen LogP contribution in [0.1, 0.15) is 84.5 Å². The Hall–Kier alpha value is -3.89. The van der Waals surface area contributed by atoms with Gasteiger partial charge in [-0.1, -0.05) is 62.4 Å². The van der Waals surface area contributed by atoms with Gasteiger partial charge in [0.1, 0.15) is 23.0 Å². The summed E-state index contributed by atoms with van der Waals surface area (Å²) in [6, 6.07) is 7.22. The molecule has 1 unspecified atom stereocenters. The Labute approximate surface area is 234 Å². The van der Waals surface area contributed by atoms with Gasteiger partial charge in [0.05, 0.1) is 0 Å². The highest BCUT2D eigenvalue weighted by Crippen LogP contribution is 2.30. The first-order valence-corrected chi connectivity index (χ1v) is 13.7. The Morgan fingerprint density at radius 2 is 1.68 bits per heavy atom. The Bertz CT molecular complexity index is 1170. The van der Waals surface area contributed by atoms with Gasteiger partial charge in [0, 0.05) is 12.4 Å². The summed E-state index contributed by atoms with van der Waals surface area (Å²) in [6.45, 7) is 8.16. The minimum absolute atomic E-state index is 0.0224. The van der Waals surface area contributed by atoms with Gasteiger partial charge < -0.3 is 30.8 Å². The number of hydrogen-bond acceptors (Lipinski definition) is 6. The summed E-state index contributed by atoms with van der Waals surface area (Å²) in [7, 11) is 0. The number of imidazole rings is 1. The van der Waals surface area contributed by atoms with Crippen LogP contribution >= 0.6 is 0 Å². The number of aliphatic carboxylic acids is 1. The summed E-state index contributed by atoms with van der Waals surface area (Å²) >= 11 is 0. The molecule has 0 saturated heterocycles. The summed E-state index contributed by atoms with van der Waals surface area (Å²) in [5.41, 5.74) is -3.91. The van der Waals surface area contributed by atoms with Crippen molar-refractivity contribution < 1.29 is 29.0 Å². The van der Waals surface area contributed by atoms with Crippen LogP contribution in [0.5, 0.6) is 0 Å². The molecule has 2 atom stereocenters. The van der Waals surface area contributed by atoms with E-state index >= 15 is 0 Å². The SMILES string of the molecule is CC(C)(C)OC(=O)NC(C)(C)C(=O)N[C@H](CC1CCCCC1)C(=O)NC(C(=O)O)(c1ccccc1)c1ncc[nH]1. The summed E-state index contributed by atoms with van der Waals surface area (Å²) in [6.07, 6.45) is 7.40. The zero-order valence-electron chi connectivity index (χ0n) is 23.9. The van der Waals surface area contributed by atoms with Gasteiger partial charge in [-0.15, -0.1) is 0 Å². The van der Waals surface area contributed by atoms with E-state index in [0.29, 0.717) is 12.0 Å². The van der Waals surface area contributed by atoms with Crippen molar-refractivity contribution in [3.8, 4) is 0 Å². The quantitative estimate of drug-likeness (QED) is 0.299. The highest BCUT2D eigenvalue weighted by molar-refractivity contribution is 5.96. The van der Waals surface area contributed by atoms with E-state index in [-0.39, 0.29) is 11.7 Å². The number of alkyl carbamates (subject to hydrolysis) is 1. The number of ether oxygens (including phenoxy) is 1. The number of amides is 3. The average molecular weight is 556 g/mol. The van der Waals surface area contributed by atoms with Crippen LogP contribution in [0.25, 0.3) is 0 Å². The number of carboxylic acids is 1. The highest BCUT2D eigenvalue weighted by Gasteiger charge is 2.48. The fourth-order valence-electron chi connectivity index (χ4n) is 4.92. The fourth-order valence-corrected chi connectivity index (χ4v) is 4.92. The largest absolute Gasteiger partial charge is 0.479 e. The zero-order chi connectivity index (χ0) is 29.6. The lowest BCUT2D eigenvalue weighted by molar-refractivity contribution is -0.147. The summed E-state index contributed by atoms with van der Waals surface area (Å²) in [4.78, 5) is 59.6. The Kier molecular flexibility index (Phi) is 9.60. The molecule has 40 heavy (non-hydrogen) atoms. The smallest absolute Gasteiger partial charge is 0.408 e. The van der Waals surface area contributed by atoms with E-state index in [4.69, 9.17) is 4.74 Å². The van der Waals surface area contributed by atoms with Crippen LogP contribution in [-0.4, -0.2) is 56.1 Å². The van der Waals surface area contributed by atoms with Crippen LogP contribution in [0.3, 0.4) is 0 Å². The maximum Gasteiger partial charge on any atom is 0.408 e. The predicted molar refractivity (Wildman–Crippen MR) is 148 cm³/mol. The molecule has 1 saturated carbocycles. The number of carbonyl (C=O) groups excluding carboxylic acids is 3. The third kappa shape index (κ3) is 7.61. The standard InChI is InChI=1S/C29H41N5O6/c1-27(2,3)40-26(39)34-28(4,5)24(36)32-21(18-19-12-8-6-9-13-19)22(35)33-29(25(37)38,23-30-16-17-31-23)20-14-10-7-11-15-20/h7,10-11,14-17,19,21H,6,8-9,12-13,18H2,1-5H3,(H,30,31)(H,32,36)(H,33,35)(H,34,39)(H,37,38)/t21-,29?/m1/s1. The van der Waals surface area contributed by atoms with E-state index in [9.17, 15) is 24.3 Å². The number of rotatable bonds is 10. The lowest BCUT2D eigenvalue weighted by atomic mass is 9.83. The first-order chi connectivity index (χ1) is 18.7. The van der Waals surface area contributed by atoms with Crippen LogP contribution in [0.15, 0.2) is 42.7 Å². The van der Waals surface area contributed by atoms with Crippen molar-refractivity contribution in [3.05, 3.63) is 54.1 Å². The van der Waals surface area contributed by atoms with Crippen molar-refractivity contribution in [2.75, 3.05) is 0 Å². The summed E-state index contributed by atoms with van der Waals surface area (Å²) in [5.74, 6) is -2.42. The number of benzene rings is 1. The number of carbonyl (C=O) groups is 4. The van der Waals surface area contributed by atoms with Crippen LogP contribution in [0.2, 0.25) is 0 Å². The first kappa shape index (κ1) is 30.6. The second-order valence-corrected chi connectivity index (χ2v) is 11.9. The van der Waals surface area contributed by atoms with Crippen molar-refractivity contribution in [2.24, 2.45) is 5.92 Å². The molecule has 1 aromatic carbocycles. The molecule has 11 nitrogen and oxygen atoms in total. The maximum absolute atomic E-state index is 13.9. The molecule has 3 amide bonds. The molecule has 2 aromatic rings. The fraction of sp³-hybridized carbons (Fsp3) is 0.552. The number of hydrogen-bond donors (Lipinski definition) is 5. The molecule has 3 rings (SSSR count). The minimum atomic E-state index is -2.03. The second-order valence-electron chi connectivity index (χ2n) is 11.9. The number of aromatic nitrogens is 2. The van der Waals surface area contributed by atoms with Crippen molar-refractivity contribution in [1.29, 1.82) is 0 Å². The van der Waals surface area contributed by atoms with Crippen molar-refractivity contribution in [1.82, 2.24) is 25.9 Å². The van der Waals surface area contributed by atoms with E-state index in [1.54, 1.807) is 51.1 Å². The molecule has 1 aliphatic rings. The third-order valence-corrected chi connectivity index (χ3v) is 6.99. The van der Waals surface area contributed by atoms with Gasteiger partial charge in [0.25, 0.3) is 0 Å². The normalized spacial score (nSPS) is 16.7. The van der Waals surface area contributed by atoms with Crippen LogP contribution in [0.4, 0.5) is 4.79 Å². The molecule has 1 aromatic heterocycles. The molecular weight excluding hydrogens is 514 g/mol. The van der Waals surface area contributed by atoms with Crippen molar-refractivity contribution in [2.45, 2.75) is 95.9 Å². The average Bonchev–Trinajstić information content (AvgIpc) is 3.41. The maximum atomic E-state index is 13.9. The summed E-state index contributed by atoms with van der Waals surface area (Å²) < 4.78 is 5.30. The Morgan fingerprint density at radius 1 is 1.02 bits per heavy atom. The van der Waals surface area contributed by atoms with E-state index in [1.165, 1.54) is 26.2 Å². The van der Waals surface area contributed by atoms with Gasteiger partial charge in [-0.05, 0) is 52.5 Å². The second kappa shape index (κ2) is 12.5. The van der Waals surface area contributed by atoms with Gasteiger partial charge in [-0.25, -0.2) is 14.6 Å². The number of nitrogens with zero attached hydrogens (tertiary/aromatic N) is 1. The van der Waals surface area contributed by atoms with Gasteiger partial charge in [0.2, 0.25) is 17.4 Å². The lowest BCUT2D eigenvalue weighted by Gasteiger charge is -2.34. The summed E-state index contributed by atoms with van der Waals surface area (Å²) in [5, 5.41) is 18.5. The van der Waals surface area contributed by atoms with Gasteiger partial charge in [-0.2, -0.15) is 0 Å². The molecule has 0 spiro atoms. The van der Waals surface area contributed by atoms with E-state index in [2.05, 4.69) is 25.9 Å². The first-order valence-electron chi connectivity index (χ1n) is 13.7. The minimum Gasteiger partial charge on any atom is -0.479 e. The predicted octanol–water partition coefficient (Wildman–Crippen LogP) is 3.61. The highest BCUT2D eigenvalue weighted by atomic mass is 16.6. The number of aromatic amines is 1. The molecule has 0 aliphatic heterocycles. The van der Waals surface area contributed by atoms with Crippen LogP contribution in [0, 0.1) is 5.92 Å². The molecular formula is C29H41N5O6. The monoisotopic (exact) mass is 555 g/mol. The Morgan fingerprint density at radius 3 is 2.23 bits per heavy atom. The number of nitrogens with one attached hydrogen (secondary N) is 4. The molecule has 11 heteroatoms. The molecule has 0 bridgehead atoms. The van der Waals surface area contributed by atoms with E-state index < -0.39 is 46.6 Å². The van der Waals surface area contributed by atoms with E-state index in [1.807, 2.05) is 0 Å². The van der Waals surface area contributed by atoms with Crippen LogP contribution < -0.4 is 16.0 Å². The molecule has 5 N–H and O–H groups in total. The van der Waals surface area contributed by atoms with Crippen LogP contribution in [-0.2, 0) is 24.7 Å². The number of H-pyrrole nitrogens is 1. The van der Waals surface area contributed by atoms with Crippen molar-refractivity contribution >= 4 is 23.9 Å².